The quantitative estimate of drug-likeness (QED) is 0.679. The molecule has 0 atom stereocenters. The number of anilines is 1. The first-order valence-corrected chi connectivity index (χ1v) is 9.42. The van der Waals surface area contributed by atoms with Crippen LogP contribution in [0.1, 0.15) is 59.5 Å². The van der Waals surface area contributed by atoms with Crippen molar-refractivity contribution in [2.75, 3.05) is 11.9 Å². The molecule has 1 aliphatic carbocycles. The fraction of sp³-hybridized carbons (Fsp3) is 0.444. The topological polar surface area (TPSA) is 115 Å². The summed E-state index contributed by atoms with van der Waals surface area (Å²) in [5, 5.41) is 13.8. The highest BCUT2D eigenvalue weighted by molar-refractivity contribution is 6.34. The first kappa shape index (κ1) is 22.1. The van der Waals surface area contributed by atoms with Gasteiger partial charge in [-0.3, -0.25) is 9.59 Å². The van der Waals surface area contributed by atoms with E-state index in [-0.39, 0.29) is 36.1 Å². The van der Waals surface area contributed by atoms with Crippen molar-refractivity contribution in [3.8, 4) is 0 Å². The van der Waals surface area contributed by atoms with E-state index < -0.39 is 5.91 Å². The van der Waals surface area contributed by atoms with Gasteiger partial charge in [0.1, 0.15) is 0 Å². The van der Waals surface area contributed by atoms with Gasteiger partial charge in [0.25, 0.3) is 11.8 Å². The summed E-state index contributed by atoms with van der Waals surface area (Å²) in [6, 6.07) is 5.22. The third-order valence-corrected chi connectivity index (χ3v) is 4.99. The van der Waals surface area contributed by atoms with Crippen molar-refractivity contribution < 1.29 is 9.59 Å². The molecule has 4 N–H and O–H groups in total. The van der Waals surface area contributed by atoms with Crippen LogP contribution in [0.2, 0.25) is 5.02 Å². The molecule has 0 spiro atoms. The van der Waals surface area contributed by atoms with Crippen molar-refractivity contribution in [1.82, 2.24) is 20.3 Å². The van der Waals surface area contributed by atoms with Crippen LogP contribution in [0.15, 0.2) is 24.4 Å². The van der Waals surface area contributed by atoms with Crippen molar-refractivity contribution >= 4 is 41.5 Å². The molecule has 10 heteroatoms. The molecule has 1 aromatic heterocycles. The van der Waals surface area contributed by atoms with Gasteiger partial charge in [-0.25, -0.2) is 4.68 Å². The molecule has 0 unspecified atom stereocenters. The molecule has 3 rings (SSSR count). The molecule has 1 aromatic carbocycles. The van der Waals surface area contributed by atoms with Crippen LogP contribution in [-0.2, 0) is 0 Å². The van der Waals surface area contributed by atoms with E-state index in [2.05, 4.69) is 20.9 Å². The number of rotatable bonds is 5. The Labute approximate surface area is 174 Å². The maximum absolute atomic E-state index is 12.5. The predicted octanol–water partition coefficient (Wildman–Crippen LogP) is 2.80. The standard InChI is InChI=1S/C18H23ClN6O2.ClH/c1-2-21-17(26)14-9-12(5-8-15(14)19)22-18(27)16-10-25(24-23-16)13-6-3-11(20)4-7-13;/h5,8-11,13H,2-4,6-7,20H2,1H3,(H,21,26)(H,22,27);1H. The lowest BCUT2D eigenvalue weighted by Crippen LogP contribution is -2.28. The SMILES string of the molecule is CCNC(=O)c1cc(NC(=O)c2cn(C3CCC(N)CC3)nn2)ccc1Cl.Cl. The molecule has 1 fully saturated rings. The van der Waals surface area contributed by atoms with Gasteiger partial charge in [0.05, 0.1) is 22.8 Å². The number of aromatic nitrogens is 3. The zero-order valence-electron chi connectivity index (χ0n) is 15.5. The second kappa shape index (κ2) is 9.86. The predicted molar refractivity (Wildman–Crippen MR) is 110 cm³/mol. The number of nitrogens with two attached hydrogens (primary N) is 1. The molecular weight excluding hydrogens is 403 g/mol. The summed E-state index contributed by atoms with van der Waals surface area (Å²) in [7, 11) is 0. The number of halogens is 2. The summed E-state index contributed by atoms with van der Waals surface area (Å²) in [6.45, 7) is 2.31. The van der Waals surface area contributed by atoms with Crippen LogP contribution in [0.3, 0.4) is 0 Å². The maximum atomic E-state index is 12.5. The molecule has 0 radical (unpaired) electrons. The fourth-order valence-corrected chi connectivity index (χ4v) is 3.36. The Kier molecular flexibility index (Phi) is 7.79. The smallest absolute Gasteiger partial charge is 0.277 e. The Morgan fingerprint density at radius 3 is 2.64 bits per heavy atom. The lowest BCUT2D eigenvalue weighted by Gasteiger charge is -2.25. The van der Waals surface area contributed by atoms with Crippen LogP contribution < -0.4 is 16.4 Å². The van der Waals surface area contributed by atoms with Gasteiger partial charge < -0.3 is 16.4 Å². The summed E-state index contributed by atoms with van der Waals surface area (Å²) in [5.74, 6) is -0.682. The normalized spacial score (nSPS) is 18.8. The molecular formula is C18H24Cl2N6O2. The molecule has 1 heterocycles. The molecule has 1 saturated carbocycles. The molecule has 2 amide bonds. The second-order valence-corrected chi connectivity index (χ2v) is 7.07. The van der Waals surface area contributed by atoms with E-state index in [1.165, 1.54) is 6.07 Å². The maximum Gasteiger partial charge on any atom is 0.277 e. The van der Waals surface area contributed by atoms with Crippen molar-refractivity contribution in [3.63, 3.8) is 0 Å². The molecule has 0 aliphatic heterocycles. The van der Waals surface area contributed by atoms with Crippen LogP contribution in [0.25, 0.3) is 0 Å². The minimum atomic E-state index is -0.391. The van der Waals surface area contributed by atoms with Crippen molar-refractivity contribution in [1.29, 1.82) is 0 Å². The van der Waals surface area contributed by atoms with E-state index in [0.29, 0.717) is 22.8 Å². The lowest BCUT2D eigenvalue weighted by atomic mass is 9.92. The number of nitrogens with one attached hydrogen (secondary N) is 2. The number of nitrogens with zero attached hydrogens (tertiary/aromatic N) is 3. The van der Waals surface area contributed by atoms with E-state index >= 15 is 0 Å². The third kappa shape index (κ3) is 5.21. The Balaban J connectivity index is 0.00000280. The third-order valence-electron chi connectivity index (χ3n) is 4.66. The van der Waals surface area contributed by atoms with E-state index in [4.69, 9.17) is 17.3 Å². The van der Waals surface area contributed by atoms with Gasteiger partial charge in [-0.15, -0.1) is 17.5 Å². The van der Waals surface area contributed by atoms with E-state index in [1.54, 1.807) is 23.0 Å². The monoisotopic (exact) mass is 426 g/mol. The van der Waals surface area contributed by atoms with Gasteiger partial charge in [0.2, 0.25) is 0 Å². The van der Waals surface area contributed by atoms with Gasteiger partial charge in [0, 0.05) is 18.3 Å². The minimum absolute atomic E-state index is 0. The van der Waals surface area contributed by atoms with Crippen LogP contribution in [0, 0.1) is 0 Å². The Hall–Kier alpha value is -2.16. The molecule has 0 bridgehead atoms. The van der Waals surface area contributed by atoms with Crippen molar-refractivity contribution in [2.45, 2.75) is 44.7 Å². The molecule has 1 aliphatic rings. The molecule has 28 heavy (non-hydrogen) atoms. The highest BCUT2D eigenvalue weighted by Gasteiger charge is 2.22. The average molecular weight is 427 g/mol. The van der Waals surface area contributed by atoms with Gasteiger partial charge in [-0.1, -0.05) is 16.8 Å². The average Bonchev–Trinajstić information content (AvgIpc) is 3.14. The first-order chi connectivity index (χ1) is 13.0. The van der Waals surface area contributed by atoms with Crippen molar-refractivity contribution in [3.05, 3.63) is 40.7 Å². The summed E-state index contributed by atoms with van der Waals surface area (Å²) in [4.78, 5) is 24.5. The van der Waals surface area contributed by atoms with Gasteiger partial charge in [0.15, 0.2) is 5.69 Å². The number of amides is 2. The Morgan fingerprint density at radius 1 is 1.25 bits per heavy atom. The van der Waals surface area contributed by atoms with Crippen LogP contribution in [-0.4, -0.2) is 39.4 Å². The summed E-state index contributed by atoms with van der Waals surface area (Å²) in [6.07, 6.45) is 5.40. The summed E-state index contributed by atoms with van der Waals surface area (Å²) >= 11 is 6.07. The lowest BCUT2D eigenvalue weighted by molar-refractivity contribution is 0.0954. The van der Waals surface area contributed by atoms with E-state index in [1.807, 2.05) is 6.92 Å². The Morgan fingerprint density at radius 2 is 1.96 bits per heavy atom. The van der Waals surface area contributed by atoms with Gasteiger partial charge in [-0.2, -0.15) is 0 Å². The van der Waals surface area contributed by atoms with Crippen molar-refractivity contribution in [2.24, 2.45) is 5.73 Å². The first-order valence-electron chi connectivity index (χ1n) is 9.04. The zero-order chi connectivity index (χ0) is 19.4. The minimum Gasteiger partial charge on any atom is -0.352 e. The number of hydrogen-bond donors (Lipinski definition) is 3. The summed E-state index contributed by atoms with van der Waals surface area (Å²) in [5.41, 5.74) is 6.92. The molecule has 152 valence electrons. The highest BCUT2D eigenvalue weighted by atomic mass is 35.5. The highest BCUT2D eigenvalue weighted by Crippen LogP contribution is 2.27. The van der Waals surface area contributed by atoms with Crippen LogP contribution >= 0.6 is 24.0 Å². The molecule has 8 nitrogen and oxygen atoms in total. The summed E-state index contributed by atoms with van der Waals surface area (Å²) < 4.78 is 1.74. The number of hydrogen-bond acceptors (Lipinski definition) is 5. The fourth-order valence-electron chi connectivity index (χ4n) is 3.15. The largest absolute Gasteiger partial charge is 0.352 e. The van der Waals surface area contributed by atoms with Gasteiger partial charge >= 0.3 is 0 Å². The molecule has 0 saturated heterocycles. The number of carbonyl (C=O) groups is 2. The van der Waals surface area contributed by atoms with Crippen LogP contribution in [0.4, 0.5) is 5.69 Å². The van der Waals surface area contributed by atoms with E-state index in [9.17, 15) is 9.59 Å². The zero-order valence-corrected chi connectivity index (χ0v) is 17.1. The Bertz CT molecular complexity index is 833. The van der Waals surface area contributed by atoms with E-state index in [0.717, 1.165) is 25.7 Å². The number of benzene rings is 1. The van der Waals surface area contributed by atoms with Crippen LogP contribution in [0.5, 0.6) is 0 Å². The van der Waals surface area contributed by atoms with Gasteiger partial charge in [-0.05, 0) is 50.8 Å². The second-order valence-electron chi connectivity index (χ2n) is 6.66. The number of carbonyl (C=O) groups excluding carboxylic acids is 2. The molecule has 2 aromatic rings.